The van der Waals surface area contributed by atoms with Crippen molar-refractivity contribution in [3.8, 4) is 0 Å². The first-order valence-corrected chi connectivity index (χ1v) is 8.39. The van der Waals surface area contributed by atoms with E-state index in [1.54, 1.807) is 16.7 Å². The van der Waals surface area contributed by atoms with Gasteiger partial charge in [0.1, 0.15) is 0 Å². The Morgan fingerprint density at radius 2 is 1.58 bits per heavy atom. The number of piperazine rings is 1. The van der Waals surface area contributed by atoms with E-state index in [9.17, 15) is 9.59 Å². The number of hydrogen-bond donors (Lipinski definition) is 1. The van der Waals surface area contributed by atoms with Gasteiger partial charge in [0.25, 0.3) is 0 Å². The molecular weight excluding hydrogens is 306 g/mol. The highest BCUT2D eigenvalue weighted by Gasteiger charge is 2.24. The van der Waals surface area contributed by atoms with Crippen molar-refractivity contribution < 1.29 is 14.3 Å². The largest absolute Gasteiger partial charge is 0.450 e. The number of anilines is 1. The van der Waals surface area contributed by atoms with Crippen LogP contribution in [0.5, 0.6) is 0 Å². The predicted octanol–water partition coefficient (Wildman–Crippen LogP) is 3.29. The second-order valence-corrected chi connectivity index (χ2v) is 6.93. The highest BCUT2D eigenvalue weighted by molar-refractivity contribution is 5.89. The fraction of sp³-hybridized carbons (Fsp3) is 0.556. The van der Waals surface area contributed by atoms with E-state index in [1.165, 1.54) is 5.56 Å². The number of benzene rings is 1. The molecule has 132 valence electrons. The second kappa shape index (κ2) is 7.55. The van der Waals surface area contributed by atoms with Crippen LogP contribution in [-0.4, -0.2) is 54.7 Å². The minimum atomic E-state index is -0.310. The van der Waals surface area contributed by atoms with Crippen molar-refractivity contribution in [1.29, 1.82) is 0 Å². The number of amides is 3. The molecule has 0 spiro atoms. The third-order valence-corrected chi connectivity index (χ3v) is 4.10. The predicted molar refractivity (Wildman–Crippen MR) is 94.3 cm³/mol. The first-order chi connectivity index (χ1) is 11.3. The molecule has 1 aromatic rings. The lowest BCUT2D eigenvalue weighted by Gasteiger charge is -2.34. The van der Waals surface area contributed by atoms with Crippen molar-refractivity contribution in [2.75, 3.05) is 38.1 Å². The van der Waals surface area contributed by atoms with Crippen LogP contribution in [0.15, 0.2) is 24.3 Å². The highest BCUT2D eigenvalue weighted by Crippen LogP contribution is 2.23. The summed E-state index contributed by atoms with van der Waals surface area (Å²) < 4.78 is 4.98. The Labute approximate surface area is 143 Å². The number of carbonyl (C=O) groups is 2. The van der Waals surface area contributed by atoms with Crippen LogP contribution >= 0.6 is 0 Å². The van der Waals surface area contributed by atoms with Crippen molar-refractivity contribution in [3.63, 3.8) is 0 Å². The second-order valence-electron chi connectivity index (χ2n) is 6.93. The van der Waals surface area contributed by atoms with Crippen molar-refractivity contribution >= 4 is 17.8 Å². The van der Waals surface area contributed by atoms with E-state index in [0.29, 0.717) is 32.8 Å². The maximum Gasteiger partial charge on any atom is 0.409 e. The molecule has 1 aromatic carbocycles. The maximum atomic E-state index is 12.3. The topological polar surface area (TPSA) is 61.9 Å². The van der Waals surface area contributed by atoms with Gasteiger partial charge in [-0.25, -0.2) is 9.59 Å². The van der Waals surface area contributed by atoms with E-state index in [1.807, 2.05) is 24.3 Å². The van der Waals surface area contributed by atoms with Crippen molar-refractivity contribution in [2.24, 2.45) is 0 Å². The van der Waals surface area contributed by atoms with Crippen LogP contribution in [0.25, 0.3) is 0 Å². The van der Waals surface area contributed by atoms with Crippen LogP contribution in [0.2, 0.25) is 0 Å². The molecule has 24 heavy (non-hydrogen) atoms. The van der Waals surface area contributed by atoms with Gasteiger partial charge in [-0.3, -0.25) is 0 Å². The van der Waals surface area contributed by atoms with Gasteiger partial charge in [0.15, 0.2) is 0 Å². The Balaban J connectivity index is 1.86. The van der Waals surface area contributed by atoms with E-state index in [-0.39, 0.29) is 17.5 Å². The molecule has 1 fully saturated rings. The van der Waals surface area contributed by atoms with Gasteiger partial charge in [-0.15, -0.1) is 0 Å². The number of urea groups is 1. The normalized spacial score (nSPS) is 15.2. The van der Waals surface area contributed by atoms with Gasteiger partial charge in [-0.2, -0.15) is 0 Å². The first kappa shape index (κ1) is 18.1. The molecule has 1 aliphatic rings. The van der Waals surface area contributed by atoms with E-state index in [4.69, 9.17) is 4.74 Å². The Morgan fingerprint density at radius 3 is 2.08 bits per heavy atom. The number of rotatable bonds is 2. The summed E-state index contributed by atoms with van der Waals surface area (Å²) >= 11 is 0. The monoisotopic (exact) mass is 333 g/mol. The van der Waals surface area contributed by atoms with Gasteiger partial charge in [-0.05, 0) is 30.0 Å². The molecule has 0 bridgehead atoms. The number of nitrogens with zero attached hydrogens (tertiary/aromatic N) is 2. The quantitative estimate of drug-likeness (QED) is 0.903. The molecule has 6 nitrogen and oxygen atoms in total. The molecule has 0 radical (unpaired) electrons. The van der Waals surface area contributed by atoms with Crippen LogP contribution in [0, 0.1) is 0 Å². The first-order valence-electron chi connectivity index (χ1n) is 8.39. The van der Waals surface area contributed by atoms with Gasteiger partial charge in [0.05, 0.1) is 6.61 Å². The summed E-state index contributed by atoms with van der Waals surface area (Å²) in [5.74, 6) is 0. The van der Waals surface area contributed by atoms with Crippen LogP contribution in [0.4, 0.5) is 15.3 Å². The van der Waals surface area contributed by atoms with Crippen LogP contribution in [0.3, 0.4) is 0 Å². The Bertz CT molecular complexity index is 570. The SMILES string of the molecule is CCOC(=O)N1CCN(C(=O)Nc2ccc(C(C)(C)C)cc2)CC1. The van der Waals surface area contributed by atoms with Crippen LogP contribution in [0.1, 0.15) is 33.3 Å². The summed E-state index contributed by atoms with van der Waals surface area (Å²) in [4.78, 5) is 27.3. The summed E-state index contributed by atoms with van der Waals surface area (Å²) in [6, 6.07) is 7.78. The third kappa shape index (κ3) is 4.63. The van der Waals surface area contributed by atoms with Crippen LogP contribution in [-0.2, 0) is 10.2 Å². The smallest absolute Gasteiger partial charge is 0.409 e. The molecule has 1 aliphatic heterocycles. The number of nitrogens with one attached hydrogen (secondary N) is 1. The van der Waals surface area contributed by atoms with E-state index >= 15 is 0 Å². The standard InChI is InChI=1S/C18H27N3O3/c1-5-24-17(23)21-12-10-20(11-13-21)16(22)19-15-8-6-14(7-9-15)18(2,3)4/h6-9H,5,10-13H2,1-4H3,(H,19,22). The molecule has 1 saturated heterocycles. The zero-order valence-corrected chi connectivity index (χ0v) is 15.0. The average Bonchev–Trinajstić information content (AvgIpc) is 2.55. The summed E-state index contributed by atoms with van der Waals surface area (Å²) in [7, 11) is 0. The van der Waals surface area contributed by atoms with E-state index < -0.39 is 0 Å². The molecule has 0 aromatic heterocycles. The zero-order chi connectivity index (χ0) is 17.7. The van der Waals surface area contributed by atoms with Gasteiger partial charge in [0, 0.05) is 31.9 Å². The van der Waals surface area contributed by atoms with Gasteiger partial charge < -0.3 is 19.9 Å². The van der Waals surface area contributed by atoms with E-state index in [0.717, 1.165) is 5.69 Å². The van der Waals surface area contributed by atoms with Gasteiger partial charge >= 0.3 is 12.1 Å². The lowest BCUT2D eigenvalue weighted by molar-refractivity contribution is 0.0868. The fourth-order valence-corrected chi connectivity index (χ4v) is 2.56. The Hall–Kier alpha value is -2.24. The summed E-state index contributed by atoms with van der Waals surface area (Å²) in [5.41, 5.74) is 2.09. The minimum absolute atomic E-state index is 0.0893. The minimum Gasteiger partial charge on any atom is -0.450 e. The summed E-state index contributed by atoms with van der Waals surface area (Å²) in [6.45, 7) is 10.6. The number of hydrogen-bond acceptors (Lipinski definition) is 3. The molecule has 2 rings (SSSR count). The van der Waals surface area contributed by atoms with E-state index in [2.05, 4.69) is 26.1 Å². The Morgan fingerprint density at radius 1 is 1.04 bits per heavy atom. The van der Waals surface area contributed by atoms with Gasteiger partial charge in [0.2, 0.25) is 0 Å². The molecule has 3 amide bonds. The summed E-state index contributed by atoms with van der Waals surface area (Å²) in [6.07, 6.45) is -0.310. The molecule has 0 atom stereocenters. The molecule has 1 heterocycles. The molecule has 1 N–H and O–H groups in total. The molecule has 0 aliphatic carbocycles. The lowest BCUT2D eigenvalue weighted by atomic mass is 9.87. The third-order valence-electron chi connectivity index (χ3n) is 4.10. The van der Waals surface area contributed by atoms with Crippen LogP contribution < -0.4 is 5.32 Å². The number of ether oxygens (including phenoxy) is 1. The highest BCUT2D eigenvalue weighted by atomic mass is 16.6. The molecular formula is C18H27N3O3. The fourth-order valence-electron chi connectivity index (χ4n) is 2.56. The maximum absolute atomic E-state index is 12.3. The van der Waals surface area contributed by atoms with Crippen molar-refractivity contribution in [3.05, 3.63) is 29.8 Å². The Kier molecular flexibility index (Phi) is 5.70. The lowest BCUT2D eigenvalue weighted by Crippen LogP contribution is -2.51. The van der Waals surface area contributed by atoms with Gasteiger partial charge in [-0.1, -0.05) is 32.9 Å². The number of carbonyl (C=O) groups excluding carboxylic acids is 2. The molecule has 0 unspecified atom stereocenters. The average molecular weight is 333 g/mol. The summed E-state index contributed by atoms with van der Waals surface area (Å²) in [5, 5.41) is 2.91. The van der Waals surface area contributed by atoms with Crippen molar-refractivity contribution in [1.82, 2.24) is 9.80 Å². The zero-order valence-electron chi connectivity index (χ0n) is 15.0. The molecule has 6 heteroatoms. The molecule has 0 saturated carbocycles. The van der Waals surface area contributed by atoms with Crippen molar-refractivity contribution in [2.45, 2.75) is 33.1 Å².